The van der Waals surface area contributed by atoms with Crippen molar-refractivity contribution in [3.8, 4) is 0 Å². The van der Waals surface area contributed by atoms with E-state index in [9.17, 15) is 10.2 Å². The van der Waals surface area contributed by atoms with Gasteiger partial charge in [0.2, 0.25) is 0 Å². The molecule has 1 atom stereocenters. The van der Waals surface area contributed by atoms with Crippen molar-refractivity contribution in [2.24, 2.45) is 10.8 Å². The van der Waals surface area contributed by atoms with Crippen molar-refractivity contribution in [3.63, 3.8) is 0 Å². The van der Waals surface area contributed by atoms with Crippen LogP contribution in [0, 0.1) is 10.8 Å². The molecule has 94 valence electrons. The molecule has 2 nitrogen and oxygen atoms in total. The molecule has 0 saturated heterocycles. The highest BCUT2D eigenvalue weighted by atomic mass is 16.3. The van der Waals surface area contributed by atoms with Crippen LogP contribution in [0.15, 0.2) is 0 Å². The topological polar surface area (TPSA) is 40.5 Å². The number of hydrogen-bond donors (Lipinski definition) is 2. The van der Waals surface area contributed by atoms with Crippen molar-refractivity contribution in [3.05, 3.63) is 0 Å². The van der Waals surface area contributed by atoms with Crippen molar-refractivity contribution < 1.29 is 10.2 Å². The van der Waals surface area contributed by atoms with Gasteiger partial charge in [0.15, 0.2) is 0 Å². The quantitative estimate of drug-likeness (QED) is 0.760. The van der Waals surface area contributed by atoms with Gasteiger partial charge in [0, 0.05) is 5.41 Å². The molecule has 0 aliphatic heterocycles. The molecule has 0 heterocycles. The fourth-order valence-electron chi connectivity index (χ4n) is 3.97. The first-order valence-electron chi connectivity index (χ1n) is 6.76. The molecular weight excluding hydrogens is 200 g/mol. The molecule has 2 aliphatic rings. The zero-order valence-electron chi connectivity index (χ0n) is 10.8. The van der Waals surface area contributed by atoms with Gasteiger partial charge in [0.1, 0.15) is 0 Å². The largest absolute Gasteiger partial charge is 0.396 e. The van der Waals surface area contributed by atoms with E-state index in [2.05, 4.69) is 13.8 Å². The van der Waals surface area contributed by atoms with Crippen LogP contribution in [0.4, 0.5) is 0 Å². The molecule has 2 heteroatoms. The molecule has 0 aromatic rings. The van der Waals surface area contributed by atoms with Crippen molar-refractivity contribution in [2.45, 2.75) is 70.8 Å². The van der Waals surface area contributed by atoms with Crippen LogP contribution in [0.2, 0.25) is 0 Å². The van der Waals surface area contributed by atoms with E-state index in [0.29, 0.717) is 0 Å². The third-order valence-electron chi connectivity index (χ3n) is 5.09. The van der Waals surface area contributed by atoms with Gasteiger partial charge in [-0.25, -0.2) is 0 Å². The van der Waals surface area contributed by atoms with Gasteiger partial charge in [-0.1, -0.05) is 33.1 Å². The summed E-state index contributed by atoms with van der Waals surface area (Å²) in [5, 5.41) is 20.7. The van der Waals surface area contributed by atoms with Gasteiger partial charge in [-0.3, -0.25) is 0 Å². The Bertz CT molecular complexity index is 253. The van der Waals surface area contributed by atoms with Crippen molar-refractivity contribution in [1.29, 1.82) is 0 Å². The first-order chi connectivity index (χ1) is 7.43. The molecule has 1 unspecified atom stereocenters. The lowest BCUT2D eigenvalue weighted by Crippen LogP contribution is -2.50. The second-order valence-corrected chi connectivity index (χ2v) is 6.87. The minimum absolute atomic E-state index is 0.166. The molecule has 0 spiro atoms. The summed E-state index contributed by atoms with van der Waals surface area (Å²) in [5.74, 6) is 0. The standard InChI is InChI=1S/C14H26O2/c1-12(2)8-9-14(16,10-12)13(11-15)6-4-3-5-7-13/h15-16H,3-11H2,1-2H3. The Morgan fingerprint density at radius 1 is 0.938 bits per heavy atom. The Morgan fingerprint density at radius 2 is 1.56 bits per heavy atom. The van der Waals surface area contributed by atoms with Gasteiger partial charge in [0.25, 0.3) is 0 Å². The normalized spacial score (nSPS) is 37.5. The molecule has 2 fully saturated rings. The predicted octanol–water partition coefficient (Wildman–Crippen LogP) is 2.87. The summed E-state index contributed by atoms with van der Waals surface area (Å²) in [6.45, 7) is 4.64. The van der Waals surface area contributed by atoms with Crippen LogP contribution in [-0.4, -0.2) is 22.4 Å². The monoisotopic (exact) mass is 226 g/mol. The van der Waals surface area contributed by atoms with E-state index >= 15 is 0 Å². The lowest BCUT2D eigenvalue weighted by atomic mass is 9.62. The van der Waals surface area contributed by atoms with E-state index in [1.54, 1.807) is 0 Å². The summed E-state index contributed by atoms with van der Waals surface area (Å²) < 4.78 is 0. The maximum Gasteiger partial charge on any atom is 0.0730 e. The Kier molecular flexibility index (Phi) is 3.09. The lowest BCUT2D eigenvalue weighted by Gasteiger charge is -2.47. The Balaban J connectivity index is 2.20. The Hall–Kier alpha value is -0.0800. The highest BCUT2D eigenvalue weighted by Gasteiger charge is 2.55. The average molecular weight is 226 g/mol. The van der Waals surface area contributed by atoms with Crippen LogP contribution in [0.25, 0.3) is 0 Å². The Labute approximate surface area is 99.1 Å². The number of aliphatic hydroxyl groups excluding tert-OH is 1. The maximum absolute atomic E-state index is 10.9. The fourth-order valence-corrected chi connectivity index (χ4v) is 3.97. The summed E-state index contributed by atoms with van der Waals surface area (Å²) in [4.78, 5) is 0. The van der Waals surface area contributed by atoms with Crippen LogP contribution in [0.1, 0.15) is 65.2 Å². The van der Waals surface area contributed by atoms with E-state index in [-0.39, 0.29) is 17.4 Å². The highest BCUT2D eigenvalue weighted by Crippen LogP contribution is 2.56. The number of rotatable bonds is 2. The van der Waals surface area contributed by atoms with E-state index in [0.717, 1.165) is 32.1 Å². The molecular formula is C14H26O2. The molecule has 0 amide bonds. The van der Waals surface area contributed by atoms with Crippen LogP contribution >= 0.6 is 0 Å². The molecule has 0 aromatic carbocycles. The molecule has 2 N–H and O–H groups in total. The molecule has 0 bridgehead atoms. The SMILES string of the molecule is CC1(C)CCC(O)(C2(CO)CCCCC2)C1. The third kappa shape index (κ3) is 1.91. The first kappa shape index (κ1) is 12.4. The number of aliphatic hydroxyl groups is 2. The van der Waals surface area contributed by atoms with Crippen LogP contribution in [0.3, 0.4) is 0 Å². The lowest BCUT2D eigenvalue weighted by molar-refractivity contribution is -0.128. The first-order valence-corrected chi connectivity index (χ1v) is 6.76. The van der Waals surface area contributed by atoms with E-state index in [1.165, 1.54) is 19.3 Å². The zero-order valence-corrected chi connectivity index (χ0v) is 10.8. The summed E-state index contributed by atoms with van der Waals surface area (Å²) in [6, 6.07) is 0. The van der Waals surface area contributed by atoms with Gasteiger partial charge in [-0.15, -0.1) is 0 Å². The maximum atomic E-state index is 10.9. The van der Waals surface area contributed by atoms with Crippen molar-refractivity contribution in [1.82, 2.24) is 0 Å². The third-order valence-corrected chi connectivity index (χ3v) is 5.09. The van der Waals surface area contributed by atoms with Gasteiger partial charge >= 0.3 is 0 Å². The van der Waals surface area contributed by atoms with Gasteiger partial charge in [0.05, 0.1) is 12.2 Å². The summed E-state index contributed by atoms with van der Waals surface area (Å²) in [7, 11) is 0. The fraction of sp³-hybridized carbons (Fsp3) is 1.00. The number of hydrogen-bond acceptors (Lipinski definition) is 2. The Morgan fingerprint density at radius 3 is 2.00 bits per heavy atom. The summed E-state index contributed by atoms with van der Waals surface area (Å²) in [6.07, 6.45) is 8.45. The van der Waals surface area contributed by atoms with Gasteiger partial charge in [-0.05, 0) is 37.5 Å². The summed E-state index contributed by atoms with van der Waals surface area (Å²) >= 11 is 0. The van der Waals surface area contributed by atoms with Crippen LogP contribution < -0.4 is 0 Å². The molecule has 2 saturated carbocycles. The van der Waals surface area contributed by atoms with E-state index in [1.807, 2.05) is 0 Å². The van der Waals surface area contributed by atoms with E-state index < -0.39 is 5.60 Å². The molecule has 0 aromatic heterocycles. The smallest absolute Gasteiger partial charge is 0.0730 e. The minimum atomic E-state index is -0.605. The van der Waals surface area contributed by atoms with Gasteiger partial charge < -0.3 is 10.2 Å². The molecule has 16 heavy (non-hydrogen) atoms. The van der Waals surface area contributed by atoms with Crippen LogP contribution in [-0.2, 0) is 0 Å². The second-order valence-electron chi connectivity index (χ2n) is 6.87. The predicted molar refractivity (Wildman–Crippen MR) is 65.2 cm³/mol. The van der Waals surface area contributed by atoms with Crippen molar-refractivity contribution in [2.75, 3.05) is 6.61 Å². The summed E-state index contributed by atoms with van der Waals surface area (Å²) in [5.41, 5.74) is -0.556. The highest BCUT2D eigenvalue weighted by molar-refractivity contribution is 5.06. The zero-order chi connectivity index (χ0) is 11.9. The molecule has 2 aliphatic carbocycles. The van der Waals surface area contributed by atoms with Crippen LogP contribution in [0.5, 0.6) is 0 Å². The molecule has 2 rings (SSSR count). The second kappa shape index (κ2) is 3.99. The van der Waals surface area contributed by atoms with Crippen molar-refractivity contribution >= 4 is 0 Å². The minimum Gasteiger partial charge on any atom is -0.396 e. The van der Waals surface area contributed by atoms with E-state index in [4.69, 9.17) is 0 Å². The molecule has 0 radical (unpaired) electrons. The average Bonchev–Trinajstić information content (AvgIpc) is 2.55. The van der Waals surface area contributed by atoms with Gasteiger partial charge in [-0.2, -0.15) is 0 Å².